The van der Waals surface area contributed by atoms with Gasteiger partial charge in [-0.3, -0.25) is 9.78 Å². The van der Waals surface area contributed by atoms with Gasteiger partial charge in [-0.2, -0.15) is 0 Å². The molecule has 2 aromatic carbocycles. The van der Waals surface area contributed by atoms with Crippen molar-refractivity contribution in [3.8, 4) is 5.75 Å². The third-order valence-corrected chi connectivity index (χ3v) is 9.09. The van der Waals surface area contributed by atoms with Crippen molar-refractivity contribution < 1.29 is 19.5 Å². The van der Waals surface area contributed by atoms with E-state index in [0.29, 0.717) is 66.7 Å². The van der Waals surface area contributed by atoms with Crippen molar-refractivity contribution in [3.63, 3.8) is 0 Å². The van der Waals surface area contributed by atoms with Crippen molar-refractivity contribution in [1.82, 2.24) is 25.4 Å². The fourth-order valence-corrected chi connectivity index (χ4v) is 6.75. The number of aromatic nitrogens is 1. The molecule has 2 aliphatic heterocycles. The highest BCUT2D eigenvalue weighted by Gasteiger charge is 2.32. The molecule has 232 valence electrons. The number of phenols is 1. The maximum atomic E-state index is 13.9. The summed E-state index contributed by atoms with van der Waals surface area (Å²) in [6.07, 6.45) is 4.96. The van der Waals surface area contributed by atoms with E-state index in [1.54, 1.807) is 34.3 Å². The zero-order chi connectivity index (χ0) is 31.1. The molecule has 5 amide bonds. The Bertz CT molecular complexity index is 1420. The molecule has 1 atom stereocenters. The molecule has 0 aliphatic carbocycles. The number of piperazine rings is 1. The second kappa shape index (κ2) is 14.8. The largest absolute Gasteiger partial charge is 0.506 e. The lowest BCUT2D eigenvalue weighted by Crippen LogP contribution is -2.58. The summed E-state index contributed by atoms with van der Waals surface area (Å²) in [6, 6.07) is 15.2. The number of rotatable bonds is 7. The molecule has 0 unspecified atom stereocenters. The van der Waals surface area contributed by atoms with E-state index >= 15 is 0 Å². The second-order valence-electron chi connectivity index (χ2n) is 10.9. The summed E-state index contributed by atoms with van der Waals surface area (Å²) >= 11 is 6.74. The average molecular weight is 729 g/mol. The highest BCUT2D eigenvalue weighted by Crippen LogP contribution is 2.34. The normalized spacial score (nSPS) is 16.3. The number of carbonyl (C=O) groups excluding carboxylic acids is 3. The van der Waals surface area contributed by atoms with Crippen LogP contribution in [-0.4, -0.2) is 89.2 Å². The Kier molecular flexibility index (Phi) is 10.6. The minimum Gasteiger partial charge on any atom is -0.506 e. The third-order valence-electron chi connectivity index (χ3n) is 7.88. The molecule has 0 saturated carbocycles. The zero-order valence-corrected chi connectivity index (χ0v) is 27.3. The first-order valence-electron chi connectivity index (χ1n) is 14.6. The van der Waals surface area contributed by atoms with Gasteiger partial charge >= 0.3 is 12.1 Å². The molecule has 11 nitrogen and oxygen atoms in total. The molecule has 13 heteroatoms. The summed E-state index contributed by atoms with van der Waals surface area (Å²) in [5.41, 5.74) is 2.55. The average Bonchev–Trinajstić information content (AvgIpc) is 3.04. The van der Waals surface area contributed by atoms with Crippen LogP contribution in [0.3, 0.4) is 0 Å². The van der Waals surface area contributed by atoms with Crippen molar-refractivity contribution in [2.75, 3.05) is 49.5 Å². The third kappa shape index (κ3) is 8.20. The highest BCUT2D eigenvalue weighted by atomic mass is 79.9. The van der Waals surface area contributed by atoms with Crippen LogP contribution < -0.4 is 20.9 Å². The number of amides is 5. The summed E-state index contributed by atoms with van der Waals surface area (Å²) < 4.78 is 0.993. The molecule has 0 radical (unpaired) electrons. The maximum Gasteiger partial charge on any atom is 0.319 e. The topological polar surface area (TPSA) is 130 Å². The molecule has 0 bridgehead atoms. The van der Waals surface area contributed by atoms with Crippen LogP contribution in [0.15, 0.2) is 75.9 Å². The Hall–Kier alpha value is -3.84. The monoisotopic (exact) mass is 727 g/mol. The van der Waals surface area contributed by atoms with Crippen LogP contribution in [0.2, 0.25) is 0 Å². The number of hydrogen-bond acceptors (Lipinski definition) is 6. The molecule has 4 N–H and O–H groups in total. The molecule has 5 rings (SSSR count). The number of aromatic hydroxyl groups is 1. The quantitative estimate of drug-likeness (QED) is 0.282. The van der Waals surface area contributed by atoms with Gasteiger partial charge in [0.2, 0.25) is 5.91 Å². The molecule has 2 fully saturated rings. The van der Waals surface area contributed by atoms with Crippen LogP contribution in [0, 0.1) is 0 Å². The van der Waals surface area contributed by atoms with Crippen LogP contribution in [0.1, 0.15) is 18.4 Å². The number of pyridine rings is 1. The first kappa shape index (κ1) is 31.6. The van der Waals surface area contributed by atoms with Gasteiger partial charge in [0.1, 0.15) is 11.8 Å². The van der Waals surface area contributed by atoms with E-state index in [0.717, 1.165) is 11.3 Å². The van der Waals surface area contributed by atoms with Gasteiger partial charge in [-0.25, -0.2) is 9.59 Å². The first-order chi connectivity index (χ1) is 21.3. The van der Waals surface area contributed by atoms with E-state index in [-0.39, 0.29) is 36.2 Å². The van der Waals surface area contributed by atoms with Crippen molar-refractivity contribution in [2.45, 2.75) is 31.3 Å². The minimum atomic E-state index is -0.800. The van der Waals surface area contributed by atoms with Crippen molar-refractivity contribution >= 4 is 61.2 Å². The first-order valence-corrected chi connectivity index (χ1v) is 16.1. The predicted octanol–water partition coefficient (Wildman–Crippen LogP) is 4.57. The SMILES string of the molecule is O=C(Nc1ccccc1)NC1CCN(C(=O)N[C@H](Cc2cc(Br)c(O)c(Br)c2)C(=O)N2CCN(c3ccncc3)CC2)CC1. The number of anilines is 2. The van der Waals surface area contributed by atoms with Gasteiger partial charge in [-0.1, -0.05) is 18.2 Å². The van der Waals surface area contributed by atoms with Gasteiger partial charge in [0.15, 0.2) is 0 Å². The number of piperidine rings is 1. The molecule has 3 aromatic rings. The fraction of sp³-hybridized carbons (Fsp3) is 0.355. The second-order valence-corrected chi connectivity index (χ2v) is 12.6. The molecular weight excluding hydrogens is 694 g/mol. The summed E-state index contributed by atoms with van der Waals surface area (Å²) in [5, 5.41) is 19.0. The lowest BCUT2D eigenvalue weighted by atomic mass is 10.0. The van der Waals surface area contributed by atoms with Crippen molar-refractivity contribution in [1.29, 1.82) is 0 Å². The van der Waals surface area contributed by atoms with E-state index < -0.39 is 6.04 Å². The summed E-state index contributed by atoms with van der Waals surface area (Å²) in [5.74, 6) is -0.0796. The Balaban J connectivity index is 1.20. The van der Waals surface area contributed by atoms with E-state index in [1.807, 2.05) is 42.5 Å². The predicted molar refractivity (Wildman–Crippen MR) is 176 cm³/mol. The van der Waals surface area contributed by atoms with Crippen molar-refractivity contribution in [3.05, 3.63) is 81.5 Å². The number of nitrogens with zero attached hydrogens (tertiary/aromatic N) is 4. The van der Waals surface area contributed by atoms with E-state index in [2.05, 4.69) is 57.7 Å². The number of nitrogens with one attached hydrogen (secondary N) is 3. The number of phenolic OH excluding ortho intramolecular Hbond substituents is 1. The Morgan fingerprint density at radius 3 is 2.16 bits per heavy atom. The summed E-state index contributed by atoms with van der Waals surface area (Å²) in [7, 11) is 0. The van der Waals surface area contributed by atoms with Gasteiger partial charge < -0.3 is 35.8 Å². The molecule has 2 saturated heterocycles. The number of benzene rings is 2. The van der Waals surface area contributed by atoms with Crippen LogP contribution in [0.5, 0.6) is 5.75 Å². The molecule has 1 aromatic heterocycles. The number of halogens is 2. The molecule has 44 heavy (non-hydrogen) atoms. The number of likely N-dealkylation sites (tertiary alicyclic amines) is 1. The highest BCUT2D eigenvalue weighted by molar-refractivity contribution is 9.11. The molecule has 0 spiro atoms. The van der Waals surface area contributed by atoms with Crippen LogP contribution in [0.25, 0.3) is 0 Å². The number of hydrogen-bond donors (Lipinski definition) is 4. The number of carbonyl (C=O) groups is 3. The lowest BCUT2D eigenvalue weighted by molar-refractivity contribution is -0.133. The smallest absolute Gasteiger partial charge is 0.319 e. The van der Waals surface area contributed by atoms with Gasteiger partial charge in [-0.15, -0.1) is 0 Å². The Morgan fingerprint density at radius 1 is 0.886 bits per heavy atom. The fourth-order valence-electron chi connectivity index (χ4n) is 5.47. The van der Waals surface area contributed by atoms with E-state index in [4.69, 9.17) is 0 Å². The lowest BCUT2D eigenvalue weighted by Gasteiger charge is -2.38. The van der Waals surface area contributed by atoms with Gasteiger partial charge in [-0.05, 0) is 86.7 Å². The van der Waals surface area contributed by atoms with Gasteiger partial charge in [0.25, 0.3) is 0 Å². The number of para-hydroxylation sites is 1. The Labute approximate surface area is 273 Å². The standard InChI is InChI=1S/C31H35Br2N7O4/c32-25-18-21(19-26(33)28(25)41)20-27(29(42)39-16-14-38(15-17-39)24-6-10-34-11-7-24)37-31(44)40-12-8-23(9-13-40)36-30(43)35-22-4-2-1-3-5-22/h1-7,10-11,18-19,23,27,41H,8-9,12-17,20H2,(H,37,44)(H2,35,36,43)/t27-/m1/s1. The van der Waals surface area contributed by atoms with Crippen LogP contribution >= 0.6 is 31.9 Å². The summed E-state index contributed by atoms with van der Waals surface area (Å²) in [6.45, 7) is 3.29. The zero-order valence-electron chi connectivity index (χ0n) is 24.1. The maximum absolute atomic E-state index is 13.9. The van der Waals surface area contributed by atoms with E-state index in [1.165, 1.54) is 0 Å². The van der Waals surface area contributed by atoms with E-state index in [9.17, 15) is 19.5 Å². The van der Waals surface area contributed by atoms with Gasteiger partial charge in [0, 0.05) is 75.5 Å². The van der Waals surface area contributed by atoms with Gasteiger partial charge in [0.05, 0.1) is 8.95 Å². The number of urea groups is 2. The minimum absolute atomic E-state index is 0.0661. The summed E-state index contributed by atoms with van der Waals surface area (Å²) in [4.78, 5) is 49.5. The van der Waals surface area contributed by atoms with Crippen LogP contribution in [0.4, 0.5) is 21.0 Å². The van der Waals surface area contributed by atoms with Crippen molar-refractivity contribution in [2.24, 2.45) is 0 Å². The molecule has 3 heterocycles. The molecule has 2 aliphatic rings. The van der Waals surface area contributed by atoms with Crippen LogP contribution in [-0.2, 0) is 11.2 Å². The molecular formula is C31H35Br2N7O4. The Morgan fingerprint density at radius 2 is 1.52 bits per heavy atom.